The highest BCUT2D eigenvalue weighted by Gasteiger charge is 2.35. The molecule has 0 aromatic heterocycles. The molecule has 2 fully saturated rings. The fourth-order valence-corrected chi connectivity index (χ4v) is 3.01. The van der Waals surface area contributed by atoms with Gasteiger partial charge in [-0.3, -0.25) is 9.69 Å². The van der Waals surface area contributed by atoms with E-state index >= 15 is 0 Å². The molecule has 1 atom stereocenters. The lowest BCUT2D eigenvalue weighted by molar-refractivity contribution is -0.126. The number of likely N-dealkylation sites (tertiary alicyclic amines) is 1. The van der Waals surface area contributed by atoms with E-state index in [2.05, 4.69) is 22.5 Å². The Labute approximate surface area is 104 Å². The van der Waals surface area contributed by atoms with Crippen LogP contribution in [0.2, 0.25) is 0 Å². The topological polar surface area (TPSA) is 44.4 Å². The number of amides is 1. The van der Waals surface area contributed by atoms with E-state index in [0.717, 1.165) is 39.0 Å². The minimum atomic E-state index is 0.143. The van der Waals surface area contributed by atoms with Gasteiger partial charge in [-0.25, -0.2) is 0 Å². The molecule has 17 heavy (non-hydrogen) atoms. The number of hydrogen-bond acceptors (Lipinski definition) is 3. The molecular weight excluding hydrogens is 214 g/mol. The fourth-order valence-electron chi connectivity index (χ4n) is 3.01. The maximum absolute atomic E-state index is 12.1. The van der Waals surface area contributed by atoms with Crippen LogP contribution in [0, 0.1) is 0 Å². The van der Waals surface area contributed by atoms with Crippen LogP contribution in [0.5, 0.6) is 0 Å². The summed E-state index contributed by atoms with van der Waals surface area (Å²) in [6.07, 6.45) is 5.62. The summed E-state index contributed by atoms with van der Waals surface area (Å²) in [6.45, 7) is 6.22. The number of rotatable bonds is 4. The molecule has 0 saturated carbocycles. The van der Waals surface area contributed by atoms with Crippen molar-refractivity contribution in [1.29, 1.82) is 0 Å². The Bertz CT molecular complexity index is 251. The summed E-state index contributed by atoms with van der Waals surface area (Å²) in [7, 11) is 0. The summed E-state index contributed by atoms with van der Waals surface area (Å²) < 4.78 is 0. The predicted octanol–water partition coefficient (Wildman–Crippen LogP) is 0.729. The molecule has 2 saturated heterocycles. The van der Waals surface area contributed by atoms with E-state index < -0.39 is 0 Å². The number of piperidine rings is 1. The molecule has 1 unspecified atom stereocenters. The van der Waals surface area contributed by atoms with Gasteiger partial charge in [0.2, 0.25) is 5.91 Å². The van der Waals surface area contributed by atoms with Crippen molar-refractivity contribution in [3.05, 3.63) is 0 Å². The second-order valence-corrected chi connectivity index (χ2v) is 5.17. The first-order valence-electron chi connectivity index (χ1n) is 7.07. The van der Waals surface area contributed by atoms with E-state index in [1.54, 1.807) is 0 Å². The predicted molar refractivity (Wildman–Crippen MR) is 68.9 cm³/mol. The minimum Gasteiger partial charge on any atom is -0.355 e. The third kappa shape index (κ3) is 3.19. The highest BCUT2D eigenvalue weighted by Crippen LogP contribution is 2.24. The van der Waals surface area contributed by atoms with Gasteiger partial charge in [0.05, 0.1) is 6.04 Å². The smallest absolute Gasteiger partial charge is 0.237 e. The number of nitrogens with zero attached hydrogens (tertiary/aromatic N) is 1. The second-order valence-electron chi connectivity index (χ2n) is 5.17. The Balaban J connectivity index is 1.89. The van der Waals surface area contributed by atoms with Crippen molar-refractivity contribution >= 4 is 5.91 Å². The first-order valence-corrected chi connectivity index (χ1v) is 7.07. The average Bonchev–Trinajstić information content (AvgIpc) is 2.86. The lowest BCUT2D eigenvalue weighted by atomic mass is 10.0. The summed E-state index contributed by atoms with van der Waals surface area (Å²) in [5.74, 6) is 0.253. The van der Waals surface area contributed by atoms with Crippen LogP contribution in [0.3, 0.4) is 0 Å². The summed E-state index contributed by atoms with van der Waals surface area (Å²) in [5, 5.41) is 6.44. The Morgan fingerprint density at radius 3 is 2.82 bits per heavy atom. The second kappa shape index (κ2) is 6.36. The molecule has 0 aromatic carbocycles. The zero-order valence-corrected chi connectivity index (χ0v) is 10.9. The average molecular weight is 239 g/mol. The van der Waals surface area contributed by atoms with Gasteiger partial charge in [0.25, 0.3) is 0 Å². The largest absolute Gasteiger partial charge is 0.355 e. The summed E-state index contributed by atoms with van der Waals surface area (Å²) >= 11 is 0. The zero-order valence-electron chi connectivity index (χ0n) is 10.9. The number of nitrogens with one attached hydrogen (secondary N) is 2. The molecular formula is C13H25N3O. The third-order valence-electron chi connectivity index (χ3n) is 3.92. The van der Waals surface area contributed by atoms with Gasteiger partial charge >= 0.3 is 0 Å². The number of carbonyl (C=O) groups is 1. The minimum absolute atomic E-state index is 0.143. The molecule has 2 aliphatic rings. The normalized spacial score (nSPS) is 27.2. The van der Waals surface area contributed by atoms with Crippen LogP contribution < -0.4 is 10.6 Å². The van der Waals surface area contributed by atoms with Crippen molar-refractivity contribution in [3.63, 3.8) is 0 Å². The lowest BCUT2D eigenvalue weighted by Gasteiger charge is -2.35. The standard InChI is InChI=1S/C13H25N3O/c1-2-7-15-13(17)12-4-3-10-16(12)11-5-8-14-9-6-11/h11-12,14H,2-10H2,1H3,(H,15,17). The highest BCUT2D eigenvalue weighted by molar-refractivity contribution is 5.82. The van der Waals surface area contributed by atoms with E-state index in [0.29, 0.717) is 6.04 Å². The van der Waals surface area contributed by atoms with Crippen molar-refractivity contribution < 1.29 is 4.79 Å². The van der Waals surface area contributed by atoms with Crippen molar-refractivity contribution in [1.82, 2.24) is 15.5 Å². The molecule has 0 bridgehead atoms. The SMILES string of the molecule is CCCNC(=O)C1CCCN1C1CCNCC1. The van der Waals surface area contributed by atoms with Crippen LogP contribution in [0.1, 0.15) is 39.0 Å². The highest BCUT2D eigenvalue weighted by atomic mass is 16.2. The van der Waals surface area contributed by atoms with Crippen LogP contribution in [0.25, 0.3) is 0 Å². The molecule has 2 N–H and O–H groups in total. The van der Waals surface area contributed by atoms with Crippen LogP contribution >= 0.6 is 0 Å². The first-order chi connectivity index (χ1) is 8.33. The lowest BCUT2D eigenvalue weighted by Crippen LogP contribution is -2.50. The Morgan fingerprint density at radius 1 is 1.35 bits per heavy atom. The summed E-state index contributed by atoms with van der Waals surface area (Å²) in [6, 6.07) is 0.765. The van der Waals surface area contributed by atoms with E-state index in [4.69, 9.17) is 0 Å². The maximum atomic E-state index is 12.1. The molecule has 1 amide bonds. The number of carbonyl (C=O) groups excluding carboxylic acids is 1. The van der Waals surface area contributed by atoms with Gasteiger partial charge in [0.15, 0.2) is 0 Å². The van der Waals surface area contributed by atoms with Crippen molar-refractivity contribution in [2.45, 2.75) is 51.1 Å². The monoisotopic (exact) mass is 239 g/mol. The van der Waals surface area contributed by atoms with E-state index in [1.807, 2.05) is 0 Å². The van der Waals surface area contributed by atoms with Crippen LogP contribution in [-0.4, -0.2) is 49.1 Å². The molecule has 98 valence electrons. The van der Waals surface area contributed by atoms with Gasteiger partial charge in [-0.1, -0.05) is 6.92 Å². The van der Waals surface area contributed by atoms with Gasteiger partial charge in [0, 0.05) is 12.6 Å². The molecule has 0 aliphatic carbocycles. The van der Waals surface area contributed by atoms with Crippen molar-refractivity contribution in [3.8, 4) is 0 Å². The maximum Gasteiger partial charge on any atom is 0.237 e. The Hall–Kier alpha value is -0.610. The molecule has 0 aromatic rings. The van der Waals surface area contributed by atoms with E-state index in [9.17, 15) is 4.79 Å². The van der Waals surface area contributed by atoms with Gasteiger partial charge < -0.3 is 10.6 Å². The van der Waals surface area contributed by atoms with Gasteiger partial charge in [0.1, 0.15) is 0 Å². The number of hydrogen-bond donors (Lipinski definition) is 2. The quantitative estimate of drug-likeness (QED) is 0.760. The molecule has 2 aliphatic heterocycles. The molecule has 0 spiro atoms. The zero-order chi connectivity index (χ0) is 12.1. The molecule has 2 heterocycles. The molecule has 4 nitrogen and oxygen atoms in total. The van der Waals surface area contributed by atoms with Crippen LogP contribution in [0.4, 0.5) is 0 Å². The molecule has 4 heteroatoms. The first kappa shape index (κ1) is 12.8. The Morgan fingerprint density at radius 2 is 2.12 bits per heavy atom. The van der Waals surface area contributed by atoms with Crippen LogP contribution in [-0.2, 0) is 4.79 Å². The van der Waals surface area contributed by atoms with Gasteiger partial charge in [-0.2, -0.15) is 0 Å². The Kier molecular flexibility index (Phi) is 4.80. The van der Waals surface area contributed by atoms with E-state index in [-0.39, 0.29) is 11.9 Å². The summed E-state index contributed by atoms with van der Waals surface area (Å²) in [5.41, 5.74) is 0. The van der Waals surface area contributed by atoms with Crippen LogP contribution in [0.15, 0.2) is 0 Å². The summed E-state index contributed by atoms with van der Waals surface area (Å²) in [4.78, 5) is 14.5. The van der Waals surface area contributed by atoms with E-state index in [1.165, 1.54) is 19.3 Å². The van der Waals surface area contributed by atoms with Gasteiger partial charge in [-0.05, 0) is 51.7 Å². The molecule has 0 radical (unpaired) electrons. The third-order valence-corrected chi connectivity index (χ3v) is 3.92. The van der Waals surface area contributed by atoms with Crippen molar-refractivity contribution in [2.75, 3.05) is 26.2 Å². The molecule has 2 rings (SSSR count). The van der Waals surface area contributed by atoms with Gasteiger partial charge in [-0.15, -0.1) is 0 Å². The fraction of sp³-hybridized carbons (Fsp3) is 0.923. The van der Waals surface area contributed by atoms with Crippen molar-refractivity contribution in [2.24, 2.45) is 0 Å².